The normalized spacial score (nSPS) is 11.6. The predicted octanol–water partition coefficient (Wildman–Crippen LogP) is 3.53. The van der Waals surface area contributed by atoms with Gasteiger partial charge in [0.1, 0.15) is 5.82 Å². The van der Waals surface area contributed by atoms with Gasteiger partial charge in [-0.15, -0.1) is 0 Å². The maximum atomic E-state index is 13.3. The lowest BCUT2D eigenvalue weighted by molar-refractivity contribution is -0.116. The highest BCUT2D eigenvalue weighted by molar-refractivity contribution is 6.31. The number of aryl methyl sites for hydroxylation is 1. The van der Waals surface area contributed by atoms with Crippen LogP contribution in [0.3, 0.4) is 0 Å². The number of primary amides is 1. The average Bonchev–Trinajstić information content (AvgIpc) is 2.50. The highest BCUT2D eigenvalue weighted by Gasteiger charge is 2.20. The second-order valence-corrected chi connectivity index (χ2v) is 5.70. The molecule has 0 aliphatic carbocycles. The molecule has 0 spiro atoms. The molecule has 2 aromatic carbocycles. The summed E-state index contributed by atoms with van der Waals surface area (Å²) in [6, 6.07) is 9.49. The Kier molecular flexibility index (Phi) is 5.76. The molecule has 0 aliphatic rings. The van der Waals surface area contributed by atoms with Crippen molar-refractivity contribution < 1.29 is 14.0 Å². The first-order valence-corrected chi connectivity index (χ1v) is 7.61. The Morgan fingerprint density at radius 3 is 2.62 bits per heavy atom. The number of nitrogens with one attached hydrogen (secondary N) is 2. The van der Waals surface area contributed by atoms with Crippen LogP contribution in [0.4, 0.5) is 14.9 Å². The monoisotopic (exact) mass is 349 g/mol. The van der Waals surface area contributed by atoms with Gasteiger partial charge in [-0.1, -0.05) is 35.9 Å². The lowest BCUT2D eigenvalue weighted by Crippen LogP contribution is -2.35. The Labute approximate surface area is 144 Å². The van der Waals surface area contributed by atoms with Gasteiger partial charge in [-0.3, -0.25) is 4.79 Å². The molecule has 4 N–H and O–H groups in total. The number of benzene rings is 2. The van der Waals surface area contributed by atoms with Gasteiger partial charge in [0.05, 0.1) is 12.5 Å². The molecule has 0 aromatic heterocycles. The van der Waals surface area contributed by atoms with Crippen LogP contribution < -0.4 is 16.4 Å². The minimum atomic E-state index is -0.769. The van der Waals surface area contributed by atoms with Crippen LogP contribution >= 0.6 is 11.6 Å². The first kappa shape index (κ1) is 17.7. The molecule has 2 aromatic rings. The second-order valence-electron chi connectivity index (χ2n) is 5.29. The number of carbonyl (C=O) groups is 2. The molecule has 0 aliphatic heterocycles. The summed E-state index contributed by atoms with van der Waals surface area (Å²) in [4.78, 5) is 23.5. The number of hydrogen-bond acceptors (Lipinski definition) is 2. The van der Waals surface area contributed by atoms with Crippen molar-refractivity contribution in [3.05, 3.63) is 64.4 Å². The van der Waals surface area contributed by atoms with Gasteiger partial charge in [0, 0.05) is 10.7 Å². The van der Waals surface area contributed by atoms with E-state index in [-0.39, 0.29) is 6.42 Å². The predicted molar refractivity (Wildman–Crippen MR) is 91.3 cm³/mol. The number of carbonyl (C=O) groups excluding carboxylic acids is 2. The third-order valence-corrected chi connectivity index (χ3v) is 3.80. The van der Waals surface area contributed by atoms with Crippen LogP contribution in [0.1, 0.15) is 23.6 Å². The standard InChI is InChI=1S/C17H17ClFN3O2/c1-10-6-7-11(19)8-14(10)21-16(23)9-15(22-17(20)24)12-4-2-3-5-13(12)18/h2-8,15H,9H2,1H3,(H,21,23)(H3,20,22,24). The highest BCUT2D eigenvalue weighted by Crippen LogP contribution is 2.26. The van der Waals surface area contributed by atoms with Crippen LogP contribution in [0.5, 0.6) is 0 Å². The topological polar surface area (TPSA) is 84.2 Å². The second kappa shape index (κ2) is 7.79. The van der Waals surface area contributed by atoms with Crippen molar-refractivity contribution >= 4 is 29.2 Å². The summed E-state index contributed by atoms with van der Waals surface area (Å²) >= 11 is 6.12. The number of hydrogen-bond donors (Lipinski definition) is 3. The Hall–Kier alpha value is -2.60. The first-order chi connectivity index (χ1) is 11.4. The Balaban J connectivity index is 2.17. The molecule has 7 heteroatoms. The van der Waals surface area contributed by atoms with Gasteiger partial charge in [0.15, 0.2) is 0 Å². The van der Waals surface area contributed by atoms with Crippen LogP contribution in [0, 0.1) is 12.7 Å². The van der Waals surface area contributed by atoms with Crippen LogP contribution in [0.15, 0.2) is 42.5 Å². The van der Waals surface area contributed by atoms with E-state index in [1.165, 1.54) is 12.1 Å². The van der Waals surface area contributed by atoms with E-state index >= 15 is 0 Å². The number of anilines is 1. The highest BCUT2D eigenvalue weighted by atomic mass is 35.5. The summed E-state index contributed by atoms with van der Waals surface area (Å²) in [6.07, 6.45) is -0.0946. The molecule has 1 unspecified atom stereocenters. The molecular formula is C17H17ClFN3O2. The average molecular weight is 350 g/mol. The van der Waals surface area contributed by atoms with Crippen molar-refractivity contribution in [2.45, 2.75) is 19.4 Å². The zero-order valence-corrected chi connectivity index (χ0v) is 13.7. The summed E-state index contributed by atoms with van der Waals surface area (Å²) in [5.74, 6) is -0.851. The van der Waals surface area contributed by atoms with Crippen LogP contribution in [-0.2, 0) is 4.79 Å². The molecule has 0 radical (unpaired) electrons. The van der Waals surface area contributed by atoms with E-state index in [1.807, 2.05) is 0 Å². The minimum Gasteiger partial charge on any atom is -0.352 e. The third kappa shape index (κ3) is 4.70. The molecule has 0 bridgehead atoms. The van der Waals surface area contributed by atoms with Gasteiger partial charge in [-0.25, -0.2) is 9.18 Å². The zero-order chi connectivity index (χ0) is 17.7. The lowest BCUT2D eigenvalue weighted by Gasteiger charge is -2.19. The molecule has 0 heterocycles. The van der Waals surface area contributed by atoms with E-state index in [0.29, 0.717) is 16.3 Å². The summed E-state index contributed by atoms with van der Waals surface area (Å²) in [5.41, 5.74) is 6.85. The Morgan fingerprint density at radius 1 is 1.25 bits per heavy atom. The van der Waals surface area contributed by atoms with Crippen molar-refractivity contribution in [1.29, 1.82) is 0 Å². The summed E-state index contributed by atoms with van der Waals surface area (Å²) < 4.78 is 13.3. The Bertz CT molecular complexity index is 767. The van der Waals surface area contributed by atoms with Crippen molar-refractivity contribution in [2.75, 3.05) is 5.32 Å². The fraction of sp³-hybridized carbons (Fsp3) is 0.176. The SMILES string of the molecule is Cc1ccc(F)cc1NC(=O)CC(NC(N)=O)c1ccccc1Cl. The molecule has 0 saturated heterocycles. The van der Waals surface area contributed by atoms with Gasteiger partial charge in [0.2, 0.25) is 5.91 Å². The smallest absolute Gasteiger partial charge is 0.312 e. The molecule has 126 valence electrons. The molecule has 5 nitrogen and oxygen atoms in total. The largest absolute Gasteiger partial charge is 0.352 e. The first-order valence-electron chi connectivity index (χ1n) is 7.23. The maximum Gasteiger partial charge on any atom is 0.312 e. The zero-order valence-electron chi connectivity index (χ0n) is 13.0. The van der Waals surface area contributed by atoms with Gasteiger partial charge >= 0.3 is 6.03 Å². The fourth-order valence-corrected chi connectivity index (χ4v) is 2.55. The van der Waals surface area contributed by atoms with E-state index in [0.717, 1.165) is 5.56 Å². The summed E-state index contributed by atoms with van der Waals surface area (Å²) in [5, 5.41) is 5.54. The van der Waals surface area contributed by atoms with Crippen molar-refractivity contribution in [3.8, 4) is 0 Å². The summed E-state index contributed by atoms with van der Waals surface area (Å²) in [7, 11) is 0. The van der Waals surface area contributed by atoms with Gasteiger partial charge < -0.3 is 16.4 Å². The molecular weight excluding hydrogens is 333 g/mol. The van der Waals surface area contributed by atoms with Crippen molar-refractivity contribution in [2.24, 2.45) is 5.73 Å². The number of halogens is 2. The number of urea groups is 1. The van der Waals surface area contributed by atoms with E-state index in [9.17, 15) is 14.0 Å². The van der Waals surface area contributed by atoms with E-state index in [2.05, 4.69) is 10.6 Å². The van der Waals surface area contributed by atoms with E-state index in [1.54, 1.807) is 37.3 Å². The van der Waals surface area contributed by atoms with Gasteiger partial charge in [0.25, 0.3) is 0 Å². The molecule has 0 fully saturated rings. The van der Waals surface area contributed by atoms with E-state index < -0.39 is 23.8 Å². The lowest BCUT2D eigenvalue weighted by atomic mass is 10.0. The van der Waals surface area contributed by atoms with E-state index in [4.69, 9.17) is 17.3 Å². The van der Waals surface area contributed by atoms with Crippen LogP contribution in [0.2, 0.25) is 5.02 Å². The number of nitrogens with two attached hydrogens (primary N) is 1. The molecule has 3 amide bonds. The molecule has 24 heavy (non-hydrogen) atoms. The molecule has 2 rings (SSSR count). The summed E-state index contributed by atoms with van der Waals surface area (Å²) in [6.45, 7) is 1.75. The molecule has 0 saturated carbocycles. The molecule has 1 atom stereocenters. The fourth-order valence-electron chi connectivity index (χ4n) is 2.28. The van der Waals surface area contributed by atoms with Gasteiger partial charge in [-0.2, -0.15) is 0 Å². The maximum absolute atomic E-state index is 13.3. The minimum absolute atomic E-state index is 0.0946. The van der Waals surface area contributed by atoms with Crippen LogP contribution in [-0.4, -0.2) is 11.9 Å². The quantitative estimate of drug-likeness (QED) is 0.771. The van der Waals surface area contributed by atoms with Crippen LogP contribution in [0.25, 0.3) is 0 Å². The third-order valence-electron chi connectivity index (χ3n) is 3.46. The number of rotatable bonds is 5. The number of amides is 3. The van der Waals surface area contributed by atoms with Gasteiger partial charge in [-0.05, 0) is 36.2 Å². The van der Waals surface area contributed by atoms with Crippen molar-refractivity contribution in [1.82, 2.24) is 5.32 Å². The Morgan fingerprint density at radius 2 is 1.96 bits per heavy atom. The van der Waals surface area contributed by atoms with Crippen molar-refractivity contribution in [3.63, 3.8) is 0 Å².